The minimum atomic E-state index is -0.410. The van der Waals surface area contributed by atoms with Gasteiger partial charge in [0.25, 0.3) is 5.56 Å². The first-order valence-electron chi connectivity index (χ1n) is 9.31. The molecule has 0 fully saturated rings. The molecule has 0 unspecified atom stereocenters. The fraction of sp³-hybridized carbons (Fsp3) is 0.182. The van der Waals surface area contributed by atoms with Crippen molar-refractivity contribution in [3.63, 3.8) is 0 Å². The zero-order chi connectivity index (χ0) is 21.5. The molecule has 154 valence electrons. The van der Waals surface area contributed by atoms with Crippen molar-refractivity contribution < 1.29 is 14.3 Å². The average molecular weight is 423 g/mol. The molecule has 0 spiro atoms. The van der Waals surface area contributed by atoms with E-state index in [9.17, 15) is 14.4 Å². The van der Waals surface area contributed by atoms with Gasteiger partial charge in [0, 0.05) is 17.3 Å². The summed E-state index contributed by atoms with van der Waals surface area (Å²) >= 11 is 1.13. The topological polar surface area (TPSA) is 101 Å². The van der Waals surface area contributed by atoms with E-state index in [0.29, 0.717) is 22.1 Å². The summed E-state index contributed by atoms with van der Waals surface area (Å²) in [7, 11) is 0. The zero-order valence-electron chi connectivity index (χ0n) is 16.5. The maximum atomic E-state index is 12.2. The summed E-state index contributed by atoms with van der Waals surface area (Å²) in [4.78, 5) is 43.1. The Kier molecular flexibility index (Phi) is 7.03. The van der Waals surface area contributed by atoms with Crippen molar-refractivity contribution in [3.8, 4) is 11.3 Å². The number of amides is 1. The lowest BCUT2D eigenvalue weighted by molar-refractivity contribution is -0.113. The molecule has 1 heterocycles. The Bertz CT molecular complexity index is 1080. The molecule has 0 bridgehead atoms. The van der Waals surface area contributed by atoms with Crippen LogP contribution in [0.15, 0.2) is 70.6 Å². The summed E-state index contributed by atoms with van der Waals surface area (Å²) < 4.78 is 5.13. The maximum absolute atomic E-state index is 12.2. The van der Waals surface area contributed by atoms with Gasteiger partial charge in [0.15, 0.2) is 5.16 Å². The zero-order valence-corrected chi connectivity index (χ0v) is 17.4. The minimum Gasteiger partial charge on any atom is -0.459 e. The molecular formula is C22H21N3O4S. The van der Waals surface area contributed by atoms with E-state index in [1.807, 2.05) is 30.3 Å². The number of H-pyrrole nitrogens is 1. The molecule has 1 aromatic heterocycles. The number of carbonyl (C=O) groups excluding carboxylic acids is 2. The number of ether oxygens (including phenoxy) is 1. The number of hydrogen-bond acceptors (Lipinski definition) is 6. The molecule has 2 N–H and O–H groups in total. The Morgan fingerprint density at radius 3 is 2.47 bits per heavy atom. The molecule has 0 aliphatic carbocycles. The number of thioether (sulfide) groups is 1. The summed E-state index contributed by atoms with van der Waals surface area (Å²) in [6.45, 7) is 3.56. The predicted molar refractivity (Wildman–Crippen MR) is 117 cm³/mol. The number of anilines is 1. The highest BCUT2D eigenvalue weighted by atomic mass is 32.2. The van der Waals surface area contributed by atoms with Gasteiger partial charge in [0.05, 0.1) is 23.1 Å². The Morgan fingerprint density at radius 2 is 1.80 bits per heavy atom. The van der Waals surface area contributed by atoms with E-state index in [-0.39, 0.29) is 23.3 Å². The number of nitrogens with one attached hydrogen (secondary N) is 2. The molecule has 3 rings (SSSR count). The van der Waals surface area contributed by atoms with Crippen molar-refractivity contribution in [2.45, 2.75) is 25.1 Å². The Morgan fingerprint density at radius 1 is 1.10 bits per heavy atom. The Hall–Kier alpha value is -3.39. The smallest absolute Gasteiger partial charge is 0.338 e. The second kappa shape index (κ2) is 9.89. The van der Waals surface area contributed by atoms with Gasteiger partial charge in [-0.25, -0.2) is 9.78 Å². The monoisotopic (exact) mass is 423 g/mol. The van der Waals surface area contributed by atoms with E-state index in [1.165, 1.54) is 6.07 Å². The first kappa shape index (κ1) is 21.3. The molecule has 0 aliphatic rings. The quantitative estimate of drug-likeness (QED) is 0.341. The highest BCUT2D eigenvalue weighted by molar-refractivity contribution is 7.99. The molecule has 8 heteroatoms. The van der Waals surface area contributed by atoms with Gasteiger partial charge < -0.3 is 15.0 Å². The van der Waals surface area contributed by atoms with E-state index in [0.717, 1.165) is 17.3 Å². The highest BCUT2D eigenvalue weighted by Crippen LogP contribution is 2.19. The van der Waals surface area contributed by atoms with Crippen LogP contribution >= 0.6 is 11.8 Å². The van der Waals surface area contributed by atoms with Gasteiger partial charge in [-0.05, 0) is 38.1 Å². The number of aromatic amines is 1. The number of esters is 1. The van der Waals surface area contributed by atoms with Crippen LogP contribution in [0.2, 0.25) is 0 Å². The molecule has 0 aliphatic heterocycles. The number of rotatable bonds is 7. The fourth-order valence-electron chi connectivity index (χ4n) is 2.56. The molecule has 3 aromatic rings. The summed E-state index contributed by atoms with van der Waals surface area (Å²) in [5.41, 5.74) is 2.06. The molecule has 0 atom stereocenters. The standard InChI is InChI=1S/C22H21N3O4S/c1-14(2)29-21(28)16-8-10-17(11-9-16)23-20(27)13-30-22-24-18(12-19(26)25-22)15-6-4-3-5-7-15/h3-12,14H,13H2,1-2H3,(H,23,27)(H,24,25,26). The van der Waals surface area contributed by atoms with Gasteiger partial charge in [-0.1, -0.05) is 42.1 Å². The maximum Gasteiger partial charge on any atom is 0.338 e. The molecule has 7 nitrogen and oxygen atoms in total. The van der Waals surface area contributed by atoms with Gasteiger partial charge in [-0.2, -0.15) is 0 Å². The summed E-state index contributed by atoms with van der Waals surface area (Å²) in [5.74, 6) is -0.602. The third-order valence-electron chi connectivity index (χ3n) is 3.88. The van der Waals surface area contributed by atoms with Crippen LogP contribution in [-0.2, 0) is 9.53 Å². The van der Waals surface area contributed by atoms with Gasteiger partial charge >= 0.3 is 5.97 Å². The molecule has 2 aromatic carbocycles. The Balaban J connectivity index is 1.59. The summed E-state index contributed by atoms with van der Waals surface area (Å²) in [6.07, 6.45) is -0.200. The average Bonchev–Trinajstić information content (AvgIpc) is 2.72. The lowest BCUT2D eigenvalue weighted by atomic mass is 10.1. The van der Waals surface area contributed by atoms with Gasteiger partial charge in [-0.15, -0.1) is 0 Å². The first-order chi connectivity index (χ1) is 14.4. The van der Waals surface area contributed by atoms with Gasteiger partial charge in [0.1, 0.15) is 0 Å². The van der Waals surface area contributed by atoms with Crippen molar-refractivity contribution in [2.24, 2.45) is 0 Å². The van der Waals surface area contributed by atoms with E-state index in [1.54, 1.807) is 38.1 Å². The van der Waals surface area contributed by atoms with Crippen LogP contribution in [0.25, 0.3) is 11.3 Å². The Labute approximate surface area is 177 Å². The van der Waals surface area contributed by atoms with Crippen molar-refractivity contribution in [2.75, 3.05) is 11.1 Å². The second-order valence-electron chi connectivity index (χ2n) is 6.67. The number of hydrogen-bond donors (Lipinski definition) is 2. The molecule has 0 saturated heterocycles. The van der Waals surface area contributed by atoms with Crippen molar-refractivity contribution in [1.29, 1.82) is 0 Å². The molecular weight excluding hydrogens is 402 g/mol. The van der Waals surface area contributed by atoms with E-state index >= 15 is 0 Å². The predicted octanol–water partition coefficient (Wildman–Crippen LogP) is 3.73. The molecule has 30 heavy (non-hydrogen) atoms. The minimum absolute atomic E-state index is 0.0678. The van der Waals surface area contributed by atoms with E-state index in [2.05, 4.69) is 15.3 Å². The van der Waals surface area contributed by atoms with Crippen molar-refractivity contribution in [3.05, 3.63) is 76.6 Å². The van der Waals surface area contributed by atoms with Crippen LogP contribution in [0.1, 0.15) is 24.2 Å². The summed E-state index contributed by atoms with van der Waals surface area (Å²) in [5, 5.41) is 3.11. The van der Waals surface area contributed by atoms with Crippen LogP contribution in [0.3, 0.4) is 0 Å². The van der Waals surface area contributed by atoms with Crippen LogP contribution in [0, 0.1) is 0 Å². The van der Waals surface area contributed by atoms with Crippen molar-refractivity contribution in [1.82, 2.24) is 9.97 Å². The van der Waals surface area contributed by atoms with Gasteiger partial charge in [0.2, 0.25) is 5.91 Å². The molecule has 0 saturated carbocycles. The number of carbonyl (C=O) groups is 2. The van der Waals surface area contributed by atoms with Crippen LogP contribution in [0.5, 0.6) is 0 Å². The normalized spacial score (nSPS) is 10.6. The second-order valence-corrected chi connectivity index (χ2v) is 7.63. The SMILES string of the molecule is CC(C)OC(=O)c1ccc(NC(=O)CSc2nc(-c3ccccc3)cc(=O)[nH]2)cc1. The first-order valence-corrected chi connectivity index (χ1v) is 10.3. The number of nitrogens with zero attached hydrogens (tertiary/aromatic N) is 1. The molecule has 1 amide bonds. The van der Waals surface area contributed by atoms with Crippen LogP contribution in [-0.4, -0.2) is 33.7 Å². The van der Waals surface area contributed by atoms with Crippen LogP contribution in [0.4, 0.5) is 5.69 Å². The third kappa shape index (κ3) is 6.05. The lowest BCUT2D eigenvalue weighted by Crippen LogP contribution is -2.16. The highest BCUT2D eigenvalue weighted by Gasteiger charge is 2.11. The largest absolute Gasteiger partial charge is 0.459 e. The fourth-order valence-corrected chi connectivity index (χ4v) is 3.24. The third-order valence-corrected chi connectivity index (χ3v) is 4.75. The van der Waals surface area contributed by atoms with E-state index < -0.39 is 5.97 Å². The van der Waals surface area contributed by atoms with Crippen LogP contribution < -0.4 is 10.9 Å². The van der Waals surface area contributed by atoms with Gasteiger partial charge in [-0.3, -0.25) is 9.59 Å². The van der Waals surface area contributed by atoms with E-state index in [4.69, 9.17) is 4.74 Å². The lowest BCUT2D eigenvalue weighted by Gasteiger charge is -2.09. The number of benzene rings is 2. The van der Waals surface area contributed by atoms with Crippen molar-refractivity contribution >= 4 is 29.3 Å². The number of aromatic nitrogens is 2. The summed E-state index contributed by atoms with van der Waals surface area (Å²) in [6, 6.07) is 17.2. The molecule has 0 radical (unpaired) electrons.